The summed E-state index contributed by atoms with van der Waals surface area (Å²) in [4.78, 5) is 9.82. The minimum Gasteiger partial charge on any atom is -0.490 e. The van der Waals surface area contributed by atoms with Crippen molar-refractivity contribution in [1.29, 1.82) is 0 Å². The summed E-state index contributed by atoms with van der Waals surface area (Å²) in [7, 11) is 0. The van der Waals surface area contributed by atoms with Crippen LogP contribution in [0.4, 0.5) is 10.1 Å². The summed E-state index contributed by atoms with van der Waals surface area (Å²) in [6, 6.07) is 10.4. The molecule has 6 nitrogen and oxygen atoms in total. The lowest BCUT2D eigenvalue weighted by Gasteiger charge is -2.15. The van der Waals surface area contributed by atoms with Gasteiger partial charge in [0.1, 0.15) is 25.1 Å². The van der Waals surface area contributed by atoms with Crippen LogP contribution in [0.1, 0.15) is 5.56 Å². The van der Waals surface area contributed by atoms with Gasteiger partial charge in [-0.2, -0.15) is 0 Å². The zero-order valence-corrected chi connectivity index (χ0v) is 12.4. The second-order valence-corrected chi connectivity index (χ2v) is 4.91. The van der Waals surface area contributed by atoms with Gasteiger partial charge in [0.15, 0.2) is 11.6 Å². The summed E-state index contributed by atoms with van der Waals surface area (Å²) in [5.74, 6) is -0.371. The minimum absolute atomic E-state index is 0.0144. The van der Waals surface area contributed by atoms with Crippen LogP contribution in [0.15, 0.2) is 42.5 Å². The van der Waals surface area contributed by atoms with Gasteiger partial charge < -0.3 is 14.6 Å². The number of hydrogen-bond donors (Lipinski definition) is 1. The van der Waals surface area contributed by atoms with Crippen molar-refractivity contribution in [2.24, 2.45) is 0 Å². The van der Waals surface area contributed by atoms with Crippen molar-refractivity contribution in [1.82, 2.24) is 0 Å². The summed E-state index contributed by atoms with van der Waals surface area (Å²) in [6.07, 6.45) is -0.968. The molecule has 1 N–H and O–H groups in total. The second-order valence-electron chi connectivity index (χ2n) is 4.91. The molecule has 0 saturated carbocycles. The molecule has 0 fully saturated rings. The van der Waals surface area contributed by atoms with Gasteiger partial charge in [0.25, 0.3) is 5.69 Å². The van der Waals surface area contributed by atoms with Crippen LogP contribution in [0.3, 0.4) is 0 Å². The fraction of sp³-hybridized carbons (Fsp3) is 0.250. The van der Waals surface area contributed by atoms with E-state index in [-0.39, 0.29) is 24.7 Å². The number of rotatable bonds is 7. The van der Waals surface area contributed by atoms with Crippen LogP contribution in [0.5, 0.6) is 11.5 Å². The van der Waals surface area contributed by atoms with Crippen molar-refractivity contribution in [3.05, 3.63) is 64.0 Å². The molecule has 1 atom stereocenters. The summed E-state index contributed by atoms with van der Waals surface area (Å²) in [6.45, 7) is 1.67. The average molecular weight is 321 g/mol. The second kappa shape index (κ2) is 7.55. The lowest BCUT2D eigenvalue weighted by molar-refractivity contribution is -0.385. The van der Waals surface area contributed by atoms with E-state index < -0.39 is 16.8 Å². The number of hydrogen-bond acceptors (Lipinski definition) is 5. The highest BCUT2D eigenvalue weighted by Crippen LogP contribution is 2.22. The van der Waals surface area contributed by atoms with Gasteiger partial charge in [-0.3, -0.25) is 10.1 Å². The molecule has 2 aromatic carbocycles. The van der Waals surface area contributed by atoms with Crippen LogP contribution in [0, 0.1) is 22.9 Å². The van der Waals surface area contributed by atoms with Crippen LogP contribution < -0.4 is 9.47 Å². The minimum atomic E-state index is -0.968. The number of nitrogens with zero attached hydrogens (tertiary/aromatic N) is 1. The maximum Gasteiger partial charge on any atom is 0.272 e. The summed E-state index contributed by atoms with van der Waals surface area (Å²) in [5.41, 5.74) is 0.570. The van der Waals surface area contributed by atoms with E-state index in [1.54, 1.807) is 6.07 Å². The van der Waals surface area contributed by atoms with Crippen molar-refractivity contribution >= 4 is 5.69 Å². The van der Waals surface area contributed by atoms with E-state index in [1.165, 1.54) is 0 Å². The largest absolute Gasteiger partial charge is 0.490 e. The predicted octanol–water partition coefficient (Wildman–Crippen LogP) is 2.86. The first kappa shape index (κ1) is 16.7. The number of para-hydroxylation sites is 1. The SMILES string of the molecule is Cc1ccccc1OCC(O)COc1ccc([N+](=O)[O-])cc1F. The van der Waals surface area contributed by atoms with Crippen LogP contribution in [-0.4, -0.2) is 29.3 Å². The Morgan fingerprint density at radius 1 is 1.17 bits per heavy atom. The molecule has 0 radical (unpaired) electrons. The van der Waals surface area contributed by atoms with Gasteiger partial charge in [-0.05, 0) is 24.6 Å². The van der Waals surface area contributed by atoms with Gasteiger partial charge in [0, 0.05) is 6.07 Å². The monoisotopic (exact) mass is 321 g/mol. The van der Waals surface area contributed by atoms with Crippen LogP contribution >= 0.6 is 0 Å². The topological polar surface area (TPSA) is 81.8 Å². The smallest absolute Gasteiger partial charge is 0.272 e. The molecule has 0 bridgehead atoms. The molecule has 1 unspecified atom stereocenters. The summed E-state index contributed by atoms with van der Waals surface area (Å²) in [5, 5.41) is 20.3. The lowest BCUT2D eigenvalue weighted by atomic mass is 10.2. The van der Waals surface area contributed by atoms with Crippen LogP contribution in [0.25, 0.3) is 0 Å². The number of benzene rings is 2. The Balaban J connectivity index is 1.86. The average Bonchev–Trinajstić information content (AvgIpc) is 2.52. The third-order valence-corrected chi connectivity index (χ3v) is 3.08. The highest BCUT2D eigenvalue weighted by atomic mass is 19.1. The fourth-order valence-electron chi connectivity index (χ4n) is 1.86. The van der Waals surface area contributed by atoms with Gasteiger partial charge in [0.2, 0.25) is 0 Å². The zero-order valence-electron chi connectivity index (χ0n) is 12.4. The van der Waals surface area contributed by atoms with Crippen molar-refractivity contribution in [3.8, 4) is 11.5 Å². The number of nitro benzene ring substituents is 1. The molecule has 2 rings (SSSR count). The molecular weight excluding hydrogens is 305 g/mol. The van der Waals surface area contributed by atoms with Crippen molar-refractivity contribution in [2.45, 2.75) is 13.0 Å². The third kappa shape index (κ3) is 4.65. The molecule has 0 spiro atoms. The number of aliphatic hydroxyl groups is 1. The maximum atomic E-state index is 13.6. The van der Waals surface area contributed by atoms with Crippen LogP contribution in [0.2, 0.25) is 0 Å². The van der Waals surface area contributed by atoms with Gasteiger partial charge >= 0.3 is 0 Å². The summed E-state index contributed by atoms with van der Waals surface area (Å²) >= 11 is 0. The van der Waals surface area contributed by atoms with E-state index >= 15 is 0 Å². The summed E-state index contributed by atoms with van der Waals surface area (Å²) < 4.78 is 24.2. The molecule has 0 amide bonds. The first-order chi connectivity index (χ1) is 11.0. The van der Waals surface area contributed by atoms with Crippen molar-refractivity contribution < 1.29 is 23.9 Å². The zero-order chi connectivity index (χ0) is 16.8. The Morgan fingerprint density at radius 3 is 2.43 bits per heavy atom. The molecule has 0 aromatic heterocycles. The third-order valence-electron chi connectivity index (χ3n) is 3.08. The Morgan fingerprint density at radius 2 is 1.83 bits per heavy atom. The highest BCUT2D eigenvalue weighted by molar-refractivity contribution is 5.37. The van der Waals surface area contributed by atoms with Gasteiger partial charge in [-0.15, -0.1) is 0 Å². The van der Waals surface area contributed by atoms with Crippen molar-refractivity contribution in [3.63, 3.8) is 0 Å². The van der Waals surface area contributed by atoms with E-state index in [4.69, 9.17) is 9.47 Å². The van der Waals surface area contributed by atoms with E-state index in [2.05, 4.69) is 0 Å². The van der Waals surface area contributed by atoms with Gasteiger partial charge in [-0.1, -0.05) is 18.2 Å². The number of aryl methyl sites for hydroxylation is 1. The quantitative estimate of drug-likeness (QED) is 0.626. The molecule has 0 aliphatic heterocycles. The van der Waals surface area contributed by atoms with Crippen molar-refractivity contribution in [2.75, 3.05) is 13.2 Å². The fourth-order valence-corrected chi connectivity index (χ4v) is 1.86. The number of aliphatic hydroxyl groups excluding tert-OH is 1. The predicted molar refractivity (Wildman–Crippen MR) is 81.2 cm³/mol. The molecule has 0 heterocycles. The Labute approximate surface area is 132 Å². The lowest BCUT2D eigenvalue weighted by Crippen LogP contribution is -2.25. The van der Waals surface area contributed by atoms with E-state index in [9.17, 15) is 19.6 Å². The highest BCUT2D eigenvalue weighted by Gasteiger charge is 2.13. The molecular formula is C16H16FNO5. The molecule has 7 heteroatoms. The molecule has 122 valence electrons. The van der Waals surface area contributed by atoms with Gasteiger partial charge in [0.05, 0.1) is 11.0 Å². The number of nitro groups is 1. The molecule has 0 saturated heterocycles. The Bertz CT molecular complexity index is 692. The van der Waals surface area contributed by atoms with Crippen LogP contribution in [-0.2, 0) is 0 Å². The molecule has 2 aromatic rings. The van der Waals surface area contributed by atoms with Gasteiger partial charge in [-0.25, -0.2) is 4.39 Å². The normalized spacial score (nSPS) is 11.8. The standard InChI is InChI=1S/C16H16FNO5/c1-11-4-2-3-5-15(11)22-9-13(19)10-23-16-7-6-12(18(20)21)8-14(16)17/h2-8,13,19H,9-10H2,1H3. The van der Waals surface area contributed by atoms with E-state index in [0.717, 1.165) is 23.8 Å². The Kier molecular flexibility index (Phi) is 5.48. The number of ether oxygens (including phenoxy) is 2. The maximum absolute atomic E-state index is 13.6. The first-order valence-electron chi connectivity index (χ1n) is 6.90. The number of halogens is 1. The molecule has 0 aliphatic rings. The number of non-ortho nitro benzene ring substituents is 1. The molecule has 23 heavy (non-hydrogen) atoms. The van der Waals surface area contributed by atoms with E-state index in [0.29, 0.717) is 5.75 Å². The Hall–Kier alpha value is -2.67. The van der Waals surface area contributed by atoms with E-state index in [1.807, 2.05) is 25.1 Å². The first-order valence-corrected chi connectivity index (χ1v) is 6.90. The molecule has 0 aliphatic carbocycles.